The van der Waals surface area contributed by atoms with Crippen LogP contribution in [0.3, 0.4) is 0 Å². The maximum atomic E-state index is 13.5. The largest absolute Gasteiger partial charge is 0.493 e. The van der Waals surface area contributed by atoms with Crippen LogP contribution < -0.4 is 14.4 Å². The van der Waals surface area contributed by atoms with E-state index in [4.69, 9.17) is 14.2 Å². The second-order valence-electron chi connectivity index (χ2n) is 7.81. The quantitative estimate of drug-likeness (QED) is 0.279. The molecule has 1 heterocycles. The van der Waals surface area contributed by atoms with Crippen molar-refractivity contribution in [3.8, 4) is 11.5 Å². The van der Waals surface area contributed by atoms with Crippen molar-refractivity contribution >= 4 is 39.6 Å². The van der Waals surface area contributed by atoms with Gasteiger partial charge in [-0.15, -0.1) is 0 Å². The van der Waals surface area contributed by atoms with Crippen molar-refractivity contribution < 1.29 is 23.8 Å². The molecule has 0 saturated carbocycles. The Balaban J connectivity index is 1.68. The van der Waals surface area contributed by atoms with Gasteiger partial charge in [0.2, 0.25) is 0 Å². The van der Waals surface area contributed by atoms with Crippen LogP contribution >= 0.6 is 15.9 Å². The molecule has 0 aliphatic carbocycles. The van der Waals surface area contributed by atoms with Crippen LogP contribution in [0.25, 0.3) is 6.08 Å². The highest BCUT2D eigenvalue weighted by Crippen LogP contribution is 2.37. The number of esters is 1. The van der Waals surface area contributed by atoms with Gasteiger partial charge in [-0.05, 0) is 60.5 Å². The van der Waals surface area contributed by atoms with E-state index in [0.29, 0.717) is 35.1 Å². The molecule has 178 valence electrons. The predicted molar refractivity (Wildman–Crippen MR) is 138 cm³/mol. The molecule has 35 heavy (non-hydrogen) atoms. The Kier molecular flexibility index (Phi) is 7.36. The zero-order valence-electron chi connectivity index (χ0n) is 19.6. The molecule has 4 rings (SSSR count). The van der Waals surface area contributed by atoms with Crippen LogP contribution in [0.5, 0.6) is 11.5 Å². The smallest absolute Gasteiger partial charge is 0.340 e. The number of methoxy groups -OCH3 is 2. The molecule has 6 nitrogen and oxygen atoms in total. The normalized spacial score (nSPS) is 14.5. The third kappa shape index (κ3) is 5.15. The van der Waals surface area contributed by atoms with Crippen LogP contribution in [0.1, 0.15) is 18.1 Å². The van der Waals surface area contributed by atoms with Crippen molar-refractivity contribution in [3.05, 3.63) is 105 Å². The summed E-state index contributed by atoms with van der Waals surface area (Å²) >= 11 is 3.41. The molecule has 3 aromatic carbocycles. The molecule has 7 heteroatoms. The van der Waals surface area contributed by atoms with Crippen molar-refractivity contribution in [2.45, 2.75) is 13.5 Å². The van der Waals surface area contributed by atoms with E-state index in [0.717, 1.165) is 10.0 Å². The van der Waals surface area contributed by atoms with Gasteiger partial charge < -0.3 is 14.2 Å². The van der Waals surface area contributed by atoms with Gasteiger partial charge in [0, 0.05) is 15.9 Å². The van der Waals surface area contributed by atoms with Gasteiger partial charge in [-0.25, -0.2) is 4.79 Å². The molecule has 3 aromatic rings. The monoisotopic (exact) mass is 533 g/mol. The molecule has 0 saturated heterocycles. The van der Waals surface area contributed by atoms with Gasteiger partial charge in [-0.2, -0.15) is 0 Å². The summed E-state index contributed by atoms with van der Waals surface area (Å²) in [6.07, 6.45) is 1.67. The Hall–Kier alpha value is -3.84. The topological polar surface area (TPSA) is 65.1 Å². The van der Waals surface area contributed by atoms with E-state index in [9.17, 15) is 9.59 Å². The van der Waals surface area contributed by atoms with E-state index in [2.05, 4.69) is 15.9 Å². The Morgan fingerprint density at radius 2 is 1.69 bits per heavy atom. The SMILES string of the molecule is COC(=O)C1=C(C)N(c2ccc(Br)cc2)C(=O)/C1=C\c1ccc(OCc2ccccc2)c(OC)c1. The van der Waals surface area contributed by atoms with Crippen molar-refractivity contribution in [3.63, 3.8) is 0 Å². The standard InChI is InChI=1S/C28H24BrNO5/c1-18-26(28(32)34-3)23(27(31)30(18)22-12-10-21(29)11-13-22)15-20-9-14-24(25(16-20)33-2)35-17-19-7-5-4-6-8-19/h4-16H,17H2,1-3H3/b23-15-. The van der Waals surface area contributed by atoms with Crippen molar-refractivity contribution in [1.82, 2.24) is 0 Å². The number of amides is 1. The molecule has 1 aliphatic rings. The summed E-state index contributed by atoms with van der Waals surface area (Å²) in [7, 11) is 2.86. The number of hydrogen-bond donors (Lipinski definition) is 0. The van der Waals surface area contributed by atoms with Crippen molar-refractivity contribution in [2.75, 3.05) is 19.1 Å². The van der Waals surface area contributed by atoms with Crippen LogP contribution in [0.2, 0.25) is 0 Å². The Labute approximate surface area is 212 Å². The molecule has 0 fully saturated rings. The maximum absolute atomic E-state index is 13.5. The first-order chi connectivity index (χ1) is 16.9. The highest BCUT2D eigenvalue weighted by Gasteiger charge is 2.37. The van der Waals surface area contributed by atoms with Crippen molar-refractivity contribution in [2.24, 2.45) is 0 Å². The summed E-state index contributed by atoms with van der Waals surface area (Å²) in [5.74, 6) is 0.212. The van der Waals surface area contributed by atoms with E-state index in [1.54, 1.807) is 32.2 Å². The third-order valence-corrected chi connectivity index (χ3v) is 6.14. The second-order valence-corrected chi connectivity index (χ2v) is 8.73. The molecular formula is C28H24BrNO5. The summed E-state index contributed by atoms with van der Waals surface area (Å²) in [4.78, 5) is 27.6. The number of anilines is 1. The molecule has 0 atom stereocenters. The highest BCUT2D eigenvalue weighted by atomic mass is 79.9. The molecular weight excluding hydrogens is 510 g/mol. The fourth-order valence-corrected chi connectivity index (χ4v) is 4.14. The number of carbonyl (C=O) groups excluding carboxylic acids is 2. The van der Waals surface area contributed by atoms with Gasteiger partial charge in [0.05, 0.1) is 25.4 Å². The van der Waals surface area contributed by atoms with Crippen LogP contribution in [0.15, 0.2) is 94.1 Å². The minimum atomic E-state index is -0.573. The second kappa shape index (κ2) is 10.6. The summed E-state index contributed by atoms with van der Waals surface area (Å²) < 4.78 is 17.3. The summed E-state index contributed by atoms with van der Waals surface area (Å²) in [6, 6.07) is 22.5. The Morgan fingerprint density at radius 1 is 0.971 bits per heavy atom. The molecule has 0 radical (unpaired) electrons. The number of ether oxygens (including phenoxy) is 3. The zero-order valence-corrected chi connectivity index (χ0v) is 21.2. The lowest BCUT2D eigenvalue weighted by Crippen LogP contribution is -2.24. The molecule has 1 aliphatic heterocycles. The number of benzene rings is 3. The molecule has 0 spiro atoms. The van der Waals surface area contributed by atoms with Gasteiger partial charge in [-0.3, -0.25) is 9.69 Å². The maximum Gasteiger partial charge on any atom is 0.340 e. The number of hydrogen-bond acceptors (Lipinski definition) is 5. The first-order valence-electron chi connectivity index (χ1n) is 10.9. The van der Waals surface area contributed by atoms with E-state index >= 15 is 0 Å². The fourth-order valence-electron chi connectivity index (χ4n) is 3.88. The average Bonchev–Trinajstić information content (AvgIpc) is 3.12. The van der Waals surface area contributed by atoms with E-state index in [1.807, 2.05) is 60.7 Å². The molecule has 0 N–H and O–H groups in total. The first-order valence-corrected chi connectivity index (χ1v) is 11.7. The van der Waals surface area contributed by atoms with Gasteiger partial charge in [0.1, 0.15) is 6.61 Å². The summed E-state index contributed by atoms with van der Waals surface area (Å²) in [5.41, 5.74) is 3.35. The van der Waals surface area contributed by atoms with Crippen LogP contribution in [-0.4, -0.2) is 26.1 Å². The van der Waals surface area contributed by atoms with Gasteiger partial charge in [0.15, 0.2) is 11.5 Å². The molecule has 0 aromatic heterocycles. The van der Waals surface area contributed by atoms with Crippen molar-refractivity contribution in [1.29, 1.82) is 0 Å². The van der Waals surface area contributed by atoms with E-state index < -0.39 is 5.97 Å². The number of carbonyl (C=O) groups is 2. The lowest BCUT2D eigenvalue weighted by atomic mass is 10.0. The van der Waals surface area contributed by atoms with Crippen LogP contribution in [0, 0.1) is 0 Å². The number of allylic oxidation sites excluding steroid dienone is 1. The van der Waals surface area contributed by atoms with E-state index in [1.165, 1.54) is 12.0 Å². The average molecular weight is 534 g/mol. The highest BCUT2D eigenvalue weighted by molar-refractivity contribution is 9.10. The lowest BCUT2D eigenvalue weighted by Gasteiger charge is -2.18. The minimum Gasteiger partial charge on any atom is -0.493 e. The Morgan fingerprint density at radius 3 is 2.34 bits per heavy atom. The number of halogens is 1. The minimum absolute atomic E-state index is 0.226. The Bertz CT molecular complexity index is 1310. The first kappa shape index (κ1) is 24.3. The van der Waals surface area contributed by atoms with E-state index in [-0.39, 0.29) is 17.1 Å². The molecule has 0 unspecified atom stereocenters. The molecule has 1 amide bonds. The summed E-state index contributed by atoms with van der Waals surface area (Å²) in [6.45, 7) is 2.13. The molecule has 0 bridgehead atoms. The number of nitrogens with zero attached hydrogens (tertiary/aromatic N) is 1. The van der Waals surface area contributed by atoms with Crippen LogP contribution in [-0.2, 0) is 20.9 Å². The van der Waals surface area contributed by atoms with Gasteiger partial charge >= 0.3 is 5.97 Å². The summed E-state index contributed by atoms with van der Waals surface area (Å²) in [5, 5.41) is 0. The van der Waals surface area contributed by atoms with Crippen LogP contribution in [0.4, 0.5) is 5.69 Å². The van der Waals surface area contributed by atoms with Gasteiger partial charge in [-0.1, -0.05) is 52.3 Å². The fraction of sp³-hybridized carbons (Fsp3) is 0.143. The zero-order chi connectivity index (χ0) is 24.9. The lowest BCUT2D eigenvalue weighted by molar-refractivity contribution is -0.136. The third-order valence-electron chi connectivity index (χ3n) is 5.61. The predicted octanol–water partition coefficient (Wildman–Crippen LogP) is 5.91. The number of rotatable bonds is 7. The van der Waals surface area contributed by atoms with Gasteiger partial charge in [0.25, 0.3) is 5.91 Å².